The van der Waals surface area contributed by atoms with E-state index in [0.717, 1.165) is 5.56 Å². The van der Waals surface area contributed by atoms with Gasteiger partial charge in [-0.05, 0) is 13.0 Å². The predicted octanol–water partition coefficient (Wildman–Crippen LogP) is 1.82. The predicted molar refractivity (Wildman–Crippen MR) is 83.2 cm³/mol. The van der Waals surface area contributed by atoms with Gasteiger partial charge in [0.05, 0.1) is 27.0 Å². The van der Waals surface area contributed by atoms with Gasteiger partial charge in [0.25, 0.3) is 0 Å². The van der Waals surface area contributed by atoms with Crippen LogP contribution in [0.25, 0.3) is 0 Å². The van der Waals surface area contributed by atoms with E-state index in [9.17, 15) is 4.79 Å². The summed E-state index contributed by atoms with van der Waals surface area (Å²) < 4.78 is 12.4. The highest BCUT2D eigenvalue weighted by molar-refractivity contribution is 5.79. The fourth-order valence-electron chi connectivity index (χ4n) is 2.13. The number of aromatic nitrogens is 2. The number of imidazole rings is 1. The minimum absolute atomic E-state index is 0.0459. The lowest BCUT2D eigenvalue weighted by Crippen LogP contribution is -2.30. The lowest BCUT2D eigenvalue weighted by Gasteiger charge is -2.15. The Labute approximate surface area is 130 Å². The number of methoxy groups -OCH3 is 2. The van der Waals surface area contributed by atoms with Crippen molar-refractivity contribution in [2.75, 3.05) is 20.8 Å². The molecule has 0 unspecified atom stereocenters. The van der Waals surface area contributed by atoms with Crippen LogP contribution in [0.15, 0.2) is 36.9 Å². The molecule has 0 aliphatic carbocycles. The lowest BCUT2D eigenvalue weighted by molar-refractivity contribution is -0.120. The van der Waals surface area contributed by atoms with Gasteiger partial charge in [0.2, 0.25) is 5.91 Å². The van der Waals surface area contributed by atoms with Crippen LogP contribution >= 0.6 is 0 Å². The molecule has 2 rings (SSSR count). The van der Waals surface area contributed by atoms with E-state index in [1.54, 1.807) is 32.8 Å². The Morgan fingerprint density at radius 2 is 2.18 bits per heavy atom. The maximum atomic E-state index is 12.1. The molecule has 1 atom stereocenters. The molecule has 0 aliphatic heterocycles. The van der Waals surface area contributed by atoms with E-state index in [1.807, 2.05) is 29.8 Å². The number of amides is 1. The summed E-state index contributed by atoms with van der Waals surface area (Å²) >= 11 is 0. The number of nitrogens with one attached hydrogen (secondary N) is 1. The fraction of sp³-hybridized carbons (Fsp3) is 0.375. The molecule has 1 N–H and O–H groups in total. The van der Waals surface area contributed by atoms with Crippen molar-refractivity contribution in [2.24, 2.45) is 0 Å². The molecule has 6 nitrogen and oxygen atoms in total. The molecule has 0 aliphatic rings. The third kappa shape index (κ3) is 4.00. The van der Waals surface area contributed by atoms with Crippen molar-refractivity contribution < 1.29 is 14.3 Å². The molecule has 118 valence electrons. The summed E-state index contributed by atoms with van der Waals surface area (Å²) in [4.78, 5) is 16.1. The van der Waals surface area contributed by atoms with Crippen LogP contribution in [0.2, 0.25) is 0 Å². The average Bonchev–Trinajstić information content (AvgIpc) is 3.07. The zero-order chi connectivity index (χ0) is 15.9. The van der Waals surface area contributed by atoms with Crippen LogP contribution in [-0.2, 0) is 11.2 Å². The Hall–Kier alpha value is -2.50. The minimum Gasteiger partial charge on any atom is -0.497 e. The molecular weight excluding hydrogens is 282 g/mol. The molecule has 1 aromatic heterocycles. The Bertz CT molecular complexity index is 611. The third-order valence-electron chi connectivity index (χ3n) is 3.47. The molecule has 0 radical (unpaired) electrons. The number of rotatable bonds is 7. The number of carbonyl (C=O) groups is 1. The Morgan fingerprint density at radius 3 is 2.82 bits per heavy atom. The molecule has 0 bridgehead atoms. The minimum atomic E-state index is -0.0459. The Balaban J connectivity index is 1.92. The quantitative estimate of drug-likeness (QED) is 0.847. The normalized spacial score (nSPS) is 11.8. The number of ether oxygens (including phenoxy) is 2. The van der Waals surface area contributed by atoms with Gasteiger partial charge in [-0.3, -0.25) is 4.79 Å². The van der Waals surface area contributed by atoms with Gasteiger partial charge in [0.15, 0.2) is 0 Å². The first kappa shape index (κ1) is 15.9. The van der Waals surface area contributed by atoms with Gasteiger partial charge in [-0.2, -0.15) is 0 Å². The van der Waals surface area contributed by atoms with Crippen molar-refractivity contribution in [3.8, 4) is 11.5 Å². The van der Waals surface area contributed by atoms with Crippen LogP contribution in [0.4, 0.5) is 0 Å². The second kappa shape index (κ2) is 7.49. The van der Waals surface area contributed by atoms with E-state index in [0.29, 0.717) is 18.0 Å². The zero-order valence-corrected chi connectivity index (χ0v) is 13.1. The highest BCUT2D eigenvalue weighted by Gasteiger charge is 2.11. The van der Waals surface area contributed by atoms with Crippen molar-refractivity contribution in [1.82, 2.24) is 14.9 Å². The number of benzene rings is 1. The zero-order valence-electron chi connectivity index (χ0n) is 13.1. The molecule has 22 heavy (non-hydrogen) atoms. The van der Waals surface area contributed by atoms with Crippen LogP contribution in [0.3, 0.4) is 0 Å². The molecule has 0 fully saturated rings. The molecule has 0 saturated heterocycles. The maximum absolute atomic E-state index is 12.1. The molecule has 0 saturated carbocycles. The van der Waals surface area contributed by atoms with Gasteiger partial charge >= 0.3 is 0 Å². The monoisotopic (exact) mass is 303 g/mol. The number of hydrogen-bond acceptors (Lipinski definition) is 4. The summed E-state index contributed by atoms with van der Waals surface area (Å²) in [5.41, 5.74) is 0.830. The topological polar surface area (TPSA) is 65.4 Å². The van der Waals surface area contributed by atoms with E-state index in [-0.39, 0.29) is 18.4 Å². The molecule has 1 aromatic carbocycles. The van der Waals surface area contributed by atoms with E-state index in [2.05, 4.69) is 10.3 Å². The average molecular weight is 303 g/mol. The molecular formula is C16H21N3O3. The van der Waals surface area contributed by atoms with Crippen LogP contribution in [0.1, 0.15) is 18.5 Å². The van der Waals surface area contributed by atoms with Crippen LogP contribution in [0, 0.1) is 0 Å². The van der Waals surface area contributed by atoms with Crippen molar-refractivity contribution >= 4 is 5.91 Å². The van der Waals surface area contributed by atoms with Crippen molar-refractivity contribution in [1.29, 1.82) is 0 Å². The smallest absolute Gasteiger partial charge is 0.224 e. The summed E-state index contributed by atoms with van der Waals surface area (Å²) in [6.45, 7) is 2.57. The van der Waals surface area contributed by atoms with Gasteiger partial charge in [0.1, 0.15) is 11.5 Å². The molecule has 6 heteroatoms. The summed E-state index contributed by atoms with van der Waals surface area (Å²) in [5.74, 6) is 1.31. The molecule has 1 amide bonds. The SMILES string of the molecule is COc1ccc(CC(=O)NC[C@@H](C)n2ccnc2)c(OC)c1. The van der Waals surface area contributed by atoms with Crippen molar-refractivity contribution in [2.45, 2.75) is 19.4 Å². The molecule has 2 aromatic rings. The summed E-state index contributed by atoms with van der Waals surface area (Å²) in [5, 5.41) is 2.92. The first-order chi connectivity index (χ1) is 10.6. The van der Waals surface area contributed by atoms with E-state index < -0.39 is 0 Å². The first-order valence-corrected chi connectivity index (χ1v) is 7.09. The van der Waals surface area contributed by atoms with Crippen LogP contribution in [-0.4, -0.2) is 36.2 Å². The lowest BCUT2D eigenvalue weighted by atomic mass is 10.1. The number of carbonyl (C=O) groups excluding carboxylic acids is 1. The first-order valence-electron chi connectivity index (χ1n) is 7.09. The van der Waals surface area contributed by atoms with Gasteiger partial charge in [0, 0.05) is 36.6 Å². The summed E-state index contributed by atoms with van der Waals surface area (Å²) in [7, 11) is 3.18. The summed E-state index contributed by atoms with van der Waals surface area (Å²) in [6, 6.07) is 5.59. The number of hydrogen-bond donors (Lipinski definition) is 1. The largest absolute Gasteiger partial charge is 0.497 e. The Morgan fingerprint density at radius 1 is 1.36 bits per heavy atom. The van der Waals surface area contributed by atoms with Crippen molar-refractivity contribution in [3.63, 3.8) is 0 Å². The van der Waals surface area contributed by atoms with Crippen molar-refractivity contribution in [3.05, 3.63) is 42.5 Å². The Kier molecular flexibility index (Phi) is 5.41. The van der Waals surface area contributed by atoms with E-state index in [4.69, 9.17) is 9.47 Å². The molecule has 0 spiro atoms. The third-order valence-corrected chi connectivity index (χ3v) is 3.47. The van der Waals surface area contributed by atoms with Crippen LogP contribution in [0.5, 0.6) is 11.5 Å². The maximum Gasteiger partial charge on any atom is 0.224 e. The standard InChI is InChI=1S/C16H21N3O3/c1-12(19-7-6-17-11-19)10-18-16(20)8-13-4-5-14(21-2)9-15(13)22-3/h4-7,9,11-12H,8,10H2,1-3H3,(H,18,20)/t12-/m1/s1. The second-order valence-electron chi connectivity index (χ2n) is 5.02. The van der Waals surface area contributed by atoms with E-state index in [1.165, 1.54) is 0 Å². The van der Waals surface area contributed by atoms with Gasteiger partial charge in [-0.15, -0.1) is 0 Å². The second-order valence-corrected chi connectivity index (χ2v) is 5.02. The van der Waals surface area contributed by atoms with Gasteiger partial charge < -0.3 is 19.4 Å². The van der Waals surface area contributed by atoms with Gasteiger partial charge in [-0.25, -0.2) is 4.98 Å². The molecule has 1 heterocycles. The fourth-order valence-corrected chi connectivity index (χ4v) is 2.13. The highest BCUT2D eigenvalue weighted by Crippen LogP contribution is 2.24. The highest BCUT2D eigenvalue weighted by atomic mass is 16.5. The number of nitrogens with zero attached hydrogens (tertiary/aromatic N) is 2. The summed E-state index contributed by atoms with van der Waals surface area (Å²) in [6.07, 6.45) is 5.61. The van der Waals surface area contributed by atoms with E-state index >= 15 is 0 Å². The van der Waals surface area contributed by atoms with Gasteiger partial charge in [-0.1, -0.05) is 6.07 Å². The van der Waals surface area contributed by atoms with Crippen LogP contribution < -0.4 is 14.8 Å².